The van der Waals surface area contributed by atoms with Gasteiger partial charge in [-0.15, -0.1) is 11.8 Å². The summed E-state index contributed by atoms with van der Waals surface area (Å²) in [5.74, 6) is -0.442. The molecule has 4 nitrogen and oxygen atoms in total. The van der Waals surface area contributed by atoms with Gasteiger partial charge in [-0.25, -0.2) is 0 Å². The number of thioether (sulfide) groups is 1. The highest BCUT2D eigenvalue weighted by atomic mass is 32.2. The highest BCUT2D eigenvalue weighted by Gasteiger charge is 2.09. The van der Waals surface area contributed by atoms with E-state index in [0.717, 1.165) is 23.3 Å². The average molecular weight is 372 g/mol. The lowest BCUT2D eigenvalue weighted by molar-refractivity contribution is -0.145. The summed E-state index contributed by atoms with van der Waals surface area (Å²) >= 11 is 1.43. The largest absolute Gasteiger partial charge is 0.455 e. The van der Waals surface area contributed by atoms with Crippen LogP contribution in [0.2, 0.25) is 0 Å². The zero-order chi connectivity index (χ0) is 18.8. The van der Waals surface area contributed by atoms with Crippen LogP contribution in [0.5, 0.6) is 0 Å². The predicted octanol–water partition coefficient (Wildman–Crippen LogP) is 3.69. The Kier molecular flexibility index (Phi) is 8.22. The van der Waals surface area contributed by atoms with E-state index in [4.69, 9.17) is 4.74 Å². The third kappa shape index (κ3) is 7.31. The fraction of sp³-hybridized carbons (Fsp3) is 0.333. The number of hydrogen-bond acceptors (Lipinski definition) is 4. The van der Waals surface area contributed by atoms with Gasteiger partial charge in [-0.2, -0.15) is 0 Å². The minimum Gasteiger partial charge on any atom is -0.455 e. The highest BCUT2D eigenvalue weighted by molar-refractivity contribution is 8.00. The van der Waals surface area contributed by atoms with Crippen molar-refractivity contribution in [1.82, 2.24) is 5.32 Å². The van der Waals surface area contributed by atoms with E-state index in [2.05, 4.69) is 23.5 Å². The standard InChI is InChI=1S/C21H25NO3S/c1-16-10-11-19(17(2)13-16)26-15-21(24)25-14-20(23)22-12-6-9-18-7-4-3-5-8-18/h3-5,7-8,10-11,13H,6,9,12,14-15H2,1-2H3,(H,22,23). The fourth-order valence-electron chi connectivity index (χ4n) is 2.50. The van der Waals surface area contributed by atoms with Crippen molar-refractivity contribution in [3.8, 4) is 0 Å². The van der Waals surface area contributed by atoms with Crippen molar-refractivity contribution >= 4 is 23.6 Å². The number of carbonyl (C=O) groups excluding carboxylic acids is 2. The molecule has 0 heterocycles. The zero-order valence-corrected chi connectivity index (χ0v) is 16.1. The van der Waals surface area contributed by atoms with E-state index in [1.54, 1.807) is 0 Å². The molecular weight excluding hydrogens is 346 g/mol. The predicted molar refractivity (Wildman–Crippen MR) is 105 cm³/mol. The third-order valence-corrected chi connectivity index (χ3v) is 5.00. The van der Waals surface area contributed by atoms with Crippen LogP contribution < -0.4 is 5.32 Å². The molecule has 5 heteroatoms. The van der Waals surface area contributed by atoms with Crippen LogP contribution in [0.25, 0.3) is 0 Å². The Bertz CT molecular complexity index is 731. The summed E-state index contributed by atoms with van der Waals surface area (Å²) < 4.78 is 5.03. The molecule has 2 aromatic rings. The van der Waals surface area contributed by atoms with Crippen LogP contribution >= 0.6 is 11.8 Å². The van der Waals surface area contributed by atoms with Crippen LogP contribution in [-0.2, 0) is 20.7 Å². The first-order valence-corrected chi connectivity index (χ1v) is 9.69. The van der Waals surface area contributed by atoms with E-state index < -0.39 is 0 Å². The Labute approximate surface area is 159 Å². The molecule has 1 amide bonds. The SMILES string of the molecule is Cc1ccc(SCC(=O)OCC(=O)NCCCc2ccccc2)c(C)c1. The molecule has 2 rings (SSSR count). The Morgan fingerprint density at radius 2 is 1.85 bits per heavy atom. The Morgan fingerprint density at radius 1 is 1.08 bits per heavy atom. The molecule has 0 saturated heterocycles. The van der Waals surface area contributed by atoms with E-state index in [1.165, 1.54) is 22.9 Å². The van der Waals surface area contributed by atoms with Gasteiger partial charge in [0.2, 0.25) is 0 Å². The van der Waals surface area contributed by atoms with E-state index >= 15 is 0 Å². The second kappa shape index (κ2) is 10.7. The minimum absolute atomic E-state index is 0.200. The zero-order valence-electron chi connectivity index (χ0n) is 15.3. The maximum atomic E-state index is 11.8. The maximum absolute atomic E-state index is 11.8. The summed E-state index contributed by atoms with van der Waals surface area (Å²) in [6.45, 7) is 4.40. The molecule has 0 aliphatic heterocycles. The second-order valence-electron chi connectivity index (χ2n) is 6.16. The average Bonchev–Trinajstić information content (AvgIpc) is 2.63. The molecule has 138 valence electrons. The van der Waals surface area contributed by atoms with Gasteiger partial charge in [0.15, 0.2) is 6.61 Å². The lowest BCUT2D eigenvalue weighted by atomic mass is 10.1. The van der Waals surface area contributed by atoms with Crippen LogP contribution in [0, 0.1) is 13.8 Å². The van der Waals surface area contributed by atoms with E-state index in [-0.39, 0.29) is 24.2 Å². The van der Waals surface area contributed by atoms with E-state index in [1.807, 2.05) is 44.2 Å². The van der Waals surface area contributed by atoms with Crippen molar-refractivity contribution in [2.75, 3.05) is 18.9 Å². The minimum atomic E-state index is -0.380. The van der Waals surface area contributed by atoms with Gasteiger partial charge in [0.25, 0.3) is 5.91 Å². The molecule has 26 heavy (non-hydrogen) atoms. The lowest BCUT2D eigenvalue weighted by Crippen LogP contribution is -2.30. The molecule has 0 atom stereocenters. The summed E-state index contributed by atoms with van der Waals surface area (Å²) in [4.78, 5) is 24.6. The van der Waals surface area contributed by atoms with Crippen molar-refractivity contribution in [2.45, 2.75) is 31.6 Å². The molecule has 2 aromatic carbocycles. The van der Waals surface area contributed by atoms with Gasteiger partial charge in [-0.1, -0.05) is 48.0 Å². The molecular formula is C21H25NO3S. The van der Waals surface area contributed by atoms with E-state index in [9.17, 15) is 9.59 Å². The van der Waals surface area contributed by atoms with Crippen LogP contribution in [0.4, 0.5) is 0 Å². The van der Waals surface area contributed by atoms with Crippen LogP contribution in [0.3, 0.4) is 0 Å². The second-order valence-corrected chi connectivity index (χ2v) is 7.17. The third-order valence-electron chi connectivity index (χ3n) is 3.85. The summed E-state index contributed by atoms with van der Waals surface area (Å²) in [5, 5.41) is 2.77. The number of aryl methyl sites for hydroxylation is 3. The number of hydrogen-bond donors (Lipinski definition) is 1. The normalized spacial score (nSPS) is 10.4. The summed E-state index contributed by atoms with van der Waals surface area (Å²) in [7, 11) is 0. The quantitative estimate of drug-likeness (QED) is 0.415. The van der Waals surface area contributed by atoms with Gasteiger partial charge >= 0.3 is 5.97 Å². The number of nitrogens with one attached hydrogen (secondary N) is 1. The molecule has 0 radical (unpaired) electrons. The van der Waals surface area contributed by atoms with Crippen LogP contribution in [0.1, 0.15) is 23.1 Å². The summed E-state index contributed by atoms with van der Waals surface area (Å²) in [6, 6.07) is 16.2. The number of rotatable bonds is 9. The Balaban J connectivity index is 1.58. The number of esters is 1. The number of amides is 1. The number of ether oxygens (including phenoxy) is 1. The maximum Gasteiger partial charge on any atom is 0.316 e. The summed E-state index contributed by atoms with van der Waals surface area (Å²) in [6.07, 6.45) is 1.76. The summed E-state index contributed by atoms with van der Waals surface area (Å²) in [5.41, 5.74) is 3.58. The Morgan fingerprint density at radius 3 is 2.58 bits per heavy atom. The molecule has 0 saturated carbocycles. The van der Waals surface area contributed by atoms with Gasteiger partial charge in [-0.3, -0.25) is 9.59 Å². The highest BCUT2D eigenvalue weighted by Crippen LogP contribution is 2.23. The van der Waals surface area contributed by atoms with Crippen LogP contribution in [-0.4, -0.2) is 30.8 Å². The van der Waals surface area contributed by atoms with Crippen LogP contribution in [0.15, 0.2) is 53.4 Å². The molecule has 0 aliphatic rings. The van der Waals surface area contributed by atoms with Crippen molar-refractivity contribution in [3.05, 3.63) is 65.2 Å². The smallest absolute Gasteiger partial charge is 0.316 e. The fourth-order valence-corrected chi connectivity index (χ4v) is 3.31. The topological polar surface area (TPSA) is 55.4 Å². The van der Waals surface area contributed by atoms with Gasteiger partial charge in [0.1, 0.15) is 0 Å². The van der Waals surface area contributed by atoms with Gasteiger partial charge < -0.3 is 10.1 Å². The van der Waals surface area contributed by atoms with Crippen molar-refractivity contribution in [1.29, 1.82) is 0 Å². The van der Waals surface area contributed by atoms with Gasteiger partial charge in [0.05, 0.1) is 5.75 Å². The molecule has 0 aromatic heterocycles. The van der Waals surface area contributed by atoms with Gasteiger partial charge in [0, 0.05) is 11.4 Å². The first-order chi connectivity index (χ1) is 12.5. The first kappa shape index (κ1) is 20.0. The molecule has 0 spiro atoms. The molecule has 0 unspecified atom stereocenters. The van der Waals surface area contributed by atoms with Gasteiger partial charge in [-0.05, 0) is 43.9 Å². The van der Waals surface area contributed by atoms with Crippen molar-refractivity contribution in [2.24, 2.45) is 0 Å². The number of carbonyl (C=O) groups is 2. The monoisotopic (exact) mass is 371 g/mol. The molecule has 0 fully saturated rings. The Hall–Kier alpha value is -2.27. The molecule has 0 aliphatic carbocycles. The van der Waals surface area contributed by atoms with Crippen molar-refractivity contribution < 1.29 is 14.3 Å². The van der Waals surface area contributed by atoms with Crippen molar-refractivity contribution in [3.63, 3.8) is 0 Å². The molecule has 1 N–H and O–H groups in total. The first-order valence-electron chi connectivity index (χ1n) is 8.71. The lowest BCUT2D eigenvalue weighted by Gasteiger charge is -2.08. The molecule has 0 bridgehead atoms. The number of benzene rings is 2. The van der Waals surface area contributed by atoms with E-state index in [0.29, 0.717) is 6.54 Å².